The minimum absolute atomic E-state index is 0.0694. The van der Waals surface area contributed by atoms with Crippen LogP contribution in [0.25, 0.3) is 0 Å². The Morgan fingerprint density at radius 3 is 1.35 bits per heavy atom. The zero-order chi connectivity index (χ0) is 15.5. The molecule has 0 radical (unpaired) electrons. The maximum atomic E-state index is 5.19. The van der Waals surface area contributed by atoms with Gasteiger partial charge in [-0.3, -0.25) is 0 Å². The fourth-order valence-electron chi connectivity index (χ4n) is 1.18. The molecule has 124 valence electrons. The van der Waals surface area contributed by atoms with Crippen molar-refractivity contribution in [3.8, 4) is 0 Å². The third-order valence-corrected chi connectivity index (χ3v) is 2.19. The first-order valence-electron chi connectivity index (χ1n) is 7.00. The van der Waals surface area contributed by atoms with Crippen LogP contribution in [-0.4, -0.2) is 80.3 Å². The molecule has 0 fully saturated rings. The molecule has 0 atom stereocenters. The van der Waals surface area contributed by atoms with Crippen LogP contribution in [0, 0.1) is 0 Å². The molecule has 0 aliphatic rings. The average Bonchev–Trinajstić information content (AvgIpc) is 2.47. The Kier molecular flexibility index (Phi) is 23.2. The van der Waals surface area contributed by atoms with Crippen molar-refractivity contribution < 1.29 is 28.4 Å². The van der Waals surface area contributed by atoms with E-state index in [4.69, 9.17) is 28.4 Å². The molecule has 0 amide bonds. The summed E-state index contributed by atoms with van der Waals surface area (Å²) in [4.78, 5) is 0. The molecule has 6 heteroatoms. The van der Waals surface area contributed by atoms with Crippen molar-refractivity contribution in [2.75, 3.05) is 74.2 Å². The zero-order valence-electron chi connectivity index (χ0n) is 13.7. The third-order valence-electron chi connectivity index (χ3n) is 2.19. The molecule has 0 heterocycles. The summed E-state index contributed by atoms with van der Waals surface area (Å²) in [5.74, 6) is 0. The maximum absolute atomic E-state index is 5.19. The number of hydrogen-bond donors (Lipinski definition) is 0. The van der Waals surface area contributed by atoms with Crippen LogP contribution in [0.15, 0.2) is 0 Å². The van der Waals surface area contributed by atoms with Crippen LogP contribution in [0.1, 0.15) is 13.8 Å². The molecule has 0 aromatic heterocycles. The minimum Gasteiger partial charge on any atom is -0.382 e. The van der Waals surface area contributed by atoms with E-state index in [1.165, 1.54) is 0 Å². The topological polar surface area (TPSA) is 55.4 Å². The maximum Gasteiger partial charge on any atom is 0.104 e. The van der Waals surface area contributed by atoms with Crippen molar-refractivity contribution in [3.05, 3.63) is 0 Å². The van der Waals surface area contributed by atoms with Gasteiger partial charge in [0.05, 0.1) is 39.6 Å². The monoisotopic (exact) mass is 296 g/mol. The Bertz CT molecular complexity index is 143. The summed E-state index contributed by atoms with van der Waals surface area (Å²) in [6.45, 7) is 9.34. The molecule has 0 bridgehead atoms. The van der Waals surface area contributed by atoms with Crippen molar-refractivity contribution in [1.82, 2.24) is 0 Å². The van der Waals surface area contributed by atoms with Crippen molar-refractivity contribution in [2.45, 2.75) is 20.0 Å². The van der Waals surface area contributed by atoms with E-state index in [1.807, 2.05) is 13.8 Å². The van der Waals surface area contributed by atoms with Gasteiger partial charge < -0.3 is 28.4 Å². The van der Waals surface area contributed by atoms with Crippen LogP contribution in [0.5, 0.6) is 0 Å². The van der Waals surface area contributed by atoms with E-state index in [-0.39, 0.29) is 6.10 Å². The Hall–Kier alpha value is -0.240. The largest absolute Gasteiger partial charge is 0.382 e. The summed E-state index contributed by atoms with van der Waals surface area (Å²) in [6, 6.07) is 0. The first-order valence-corrected chi connectivity index (χ1v) is 7.00. The summed E-state index contributed by atoms with van der Waals surface area (Å²) < 4.78 is 30.0. The molecule has 6 nitrogen and oxygen atoms in total. The standard InChI is InChI=1S/C8H18O3.C6H14O3/c1-3-9-5-7-11-8-6-10-4-2;1-7-4-6(9-3)5-8-2/h3-8H2,1-2H3;6H,4-5H2,1-3H3. The second-order valence-electron chi connectivity index (χ2n) is 3.77. The molecule has 0 aromatic carbocycles. The lowest BCUT2D eigenvalue weighted by Crippen LogP contribution is -2.22. The number of ether oxygens (including phenoxy) is 6. The van der Waals surface area contributed by atoms with Crippen molar-refractivity contribution in [3.63, 3.8) is 0 Å². The van der Waals surface area contributed by atoms with Gasteiger partial charge in [-0.1, -0.05) is 0 Å². The summed E-state index contributed by atoms with van der Waals surface area (Å²) in [6.07, 6.45) is 0.0694. The third kappa shape index (κ3) is 20.1. The Morgan fingerprint density at radius 2 is 1.05 bits per heavy atom. The molecule has 0 spiro atoms. The second-order valence-corrected chi connectivity index (χ2v) is 3.77. The molecule has 20 heavy (non-hydrogen) atoms. The lowest BCUT2D eigenvalue weighted by Gasteiger charge is -2.11. The highest BCUT2D eigenvalue weighted by Gasteiger charge is 2.03. The Balaban J connectivity index is 0. The van der Waals surface area contributed by atoms with E-state index < -0.39 is 0 Å². The molecule has 0 aromatic rings. The smallest absolute Gasteiger partial charge is 0.104 e. The molecule has 0 saturated heterocycles. The lowest BCUT2D eigenvalue weighted by atomic mass is 10.4. The van der Waals surface area contributed by atoms with Crippen LogP contribution >= 0.6 is 0 Å². The van der Waals surface area contributed by atoms with Gasteiger partial charge in [0.1, 0.15) is 6.10 Å². The molecule has 0 unspecified atom stereocenters. The van der Waals surface area contributed by atoms with E-state index in [1.54, 1.807) is 21.3 Å². The van der Waals surface area contributed by atoms with Gasteiger partial charge in [-0.2, -0.15) is 0 Å². The van der Waals surface area contributed by atoms with Crippen molar-refractivity contribution in [2.24, 2.45) is 0 Å². The molecule has 0 rings (SSSR count). The minimum atomic E-state index is 0.0694. The van der Waals surface area contributed by atoms with Crippen LogP contribution in [0.3, 0.4) is 0 Å². The SMILES string of the molecule is CCOCCOCCOCC.COCC(COC)OC. The summed E-state index contributed by atoms with van der Waals surface area (Å²) in [5.41, 5.74) is 0. The highest BCUT2D eigenvalue weighted by Crippen LogP contribution is 1.89. The van der Waals surface area contributed by atoms with Gasteiger partial charge in [0, 0.05) is 34.5 Å². The molecule has 0 aliphatic heterocycles. The van der Waals surface area contributed by atoms with Crippen LogP contribution < -0.4 is 0 Å². The van der Waals surface area contributed by atoms with E-state index in [0.29, 0.717) is 39.6 Å². The predicted octanol–water partition coefficient (Wildman–Crippen LogP) is 1.37. The summed E-state index contributed by atoms with van der Waals surface area (Å²) in [7, 11) is 4.92. The second kappa shape index (κ2) is 21.1. The van der Waals surface area contributed by atoms with Crippen LogP contribution in [0.2, 0.25) is 0 Å². The highest BCUT2D eigenvalue weighted by molar-refractivity contribution is 4.51. The number of rotatable bonds is 13. The first-order chi connectivity index (χ1) is 9.76. The zero-order valence-corrected chi connectivity index (χ0v) is 13.7. The Morgan fingerprint density at radius 1 is 0.650 bits per heavy atom. The van der Waals surface area contributed by atoms with E-state index in [2.05, 4.69) is 0 Å². The molecular formula is C14H32O6. The van der Waals surface area contributed by atoms with Crippen molar-refractivity contribution >= 4 is 0 Å². The normalized spacial score (nSPS) is 10.5. The molecule has 0 saturated carbocycles. The summed E-state index contributed by atoms with van der Waals surface area (Å²) >= 11 is 0. The molecule has 0 N–H and O–H groups in total. The fourth-order valence-corrected chi connectivity index (χ4v) is 1.18. The van der Waals surface area contributed by atoms with E-state index in [0.717, 1.165) is 13.2 Å². The van der Waals surface area contributed by atoms with Crippen molar-refractivity contribution in [1.29, 1.82) is 0 Å². The van der Waals surface area contributed by atoms with Gasteiger partial charge in [0.25, 0.3) is 0 Å². The summed E-state index contributed by atoms with van der Waals surface area (Å²) in [5, 5.41) is 0. The fraction of sp³-hybridized carbons (Fsp3) is 1.00. The Labute approximate surface area is 123 Å². The first kappa shape index (κ1) is 22.0. The van der Waals surface area contributed by atoms with Gasteiger partial charge in [-0.25, -0.2) is 0 Å². The quantitative estimate of drug-likeness (QED) is 0.479. The van der Waals surface area contributed by atoms with Gasteiger partial charge in [0.15, 0.2) is 0 Å². The van der Waals surface area contributed by atoms with Gasteiger partial charge in [0.2, 0.25) is 0 Å². The van der Waals surface area contributed by atoms with Gasteiger partial charge in [-0.15, -0.1) is 0 Å². The van der Waals surface area contributed by atoms with E-state index in [9.17, 15) is 0 Å². The molecule has 0 aliphatic carbocycles. The highest BCUT2D eigenvalue weighted by atomic mass is 16.5. The van der Waals surface area contributed by atoms with Crippen LogP contribution in [0.4, 0.5) is 0 Å². The van der Waals surface area contributed by atoms with E-state index >= 15 is 0 Å². The lowest BCUT2D eigenvalue weighted by molar-refractivity contribution is -0.0178. The van der Waals surface area contributed by atoms with Gasteiger partial charge in [-0.05, 0) is 13.8 Å². The van der Waals surface area contributed by atoms with Gasteiger partial charge >= 0.3 is 0 Å². The van der Waals surface area contributed by atoms with Crippen LogP contribution in [-0.2, 0) is 28.4 Å². The molecular weight excluding hydrogens is 264 g/mol. The average molecular weight is 296 g/mol. The number of hydrogen-bond acceptors (Lipinski definition) is 6. The number of methoxy groups -OCH3 is 3. The predicted molar refractivity (Wildman–Crippen MR) is 78.4 cm³/mol.